The third-order valence-electron chi connectivity index (χ3n) is 5.41. The normalized spacial score (nSPS) is 23.2. The molecule has 3 rings (SSSR count). The van der Waals surface area contributed by atoms with E-state index in [2.05, 4.69) is 0 Å². The average Bonchev–Trinajstić information content (AvgIpc) is 3.03. The summed E-state index contributed by atoms with van der Waals surface area (Å²) in [6.07, 6.45) is 2.07. The number of benzene rings is 2. The highest BCUT2D eigenvalue weighted by atomic mass is 35.5. The molecule has 0 bridgehead atoms. The van der Waals surface area contributed by atoms with Crippen LogP contribution in [0.4, 0.5) is 0 Å². The topological polar surface area (TPSA) is 46.5 Å². The molecule has 3 nitrogen and oxygen atoms in total. The lowest BCUT2D eigenvalue weighted by Crippen LogP contribution is -2.19. The second-order valence-electron chi connectivity index (χ2n) is 7.15. The molecule has 26 heavy (non-hydrogen) atoms. The fourth-order valence-electron chi connectivity index (χ4n) is 3.86. The van der Waals surface area contributed by atoms with Crippen molar-refractivity contribution in [2.75, 3.05) is 0 Å². The van der Waals surface area contributed by atoms with Gasteiger partial charge in [-0.05, 0) is 53.7 Å². The molecule has 1 saturated carbocycles. The number of carboxylic acids is 1. The van der Waals surface area contributed by atoms with Crippen molar-refractivity contribution in [3.63, 3.8) is 0 Å². The van der Waals surface area contributed by atoms with Crippen molar-refractivity contribution < 1.29 is 14.6 Å². The van der Waals surface area contributed by atoms with E-state index in [9.17, 15) is 9.90 Å². The molecule has 1 aliphatic rings. The van der Waals surface area contributed by atoms with Gasteiger partial charge in [0, 0.05) is 0 Å². The van der Waals surface area contributed by atoms with E-state index in [1.165, 1.54) is 6.08 Å². The van der Waals surface area contributed by atoms with Crippen LogP contribution in [0.25, 0.3) is 0 Å². The molecule has 1 fully saturated rings. The number of para-hydroxylation sites is 1. The monoisotopic (exact) mass is 390 g/mol. The Labute approximate surface area is 163 Å². The summed E-state index contributed by atoms with van der Waals surface area (Å²) in [6, 6.07) is 17.2. The zero-order valence-corrected chi connectivity index (χ0v) is 16.1. The SMILES string of the molecule is CC1(C)C(Cc2cccc(Oc3ccccc3)c2)C1(C=C(Cl)Cl)C(=O)O. The molecule has 5 heteroatoms. The lowest BCUT2D eigenvalue weighted by atomic mass is 9.96. The van der Waals surface area contributed by atoms with Gasteiger partial charge in [-0.15, -0.1) is 0 Å². The molecule has 0 saturated heterocycles. The Hall–Kier alpha value is -1.97. The summed E-state index contributed by atoms with van der Waals surface area (Å²) in [6.45, 7) is 3.87. The molecule has 2 aromatic rings. The third kappa shape index (κ3) is 3.34. The quantitative estimate of drug-likeness (QED) is 0.650. The second-order valence-corrected chi connectivity index (χ2v) is 8.16. The van der Waals surface area contributed by atoms with Crippen molar-refractivity contribution in [2.45, 2.75) is 20.3 Å². The largest absolute Gasteiger partial charge is 0.481 e. The minimum Gasteiger partial charge on any atom is -0.481 e. The van der Waals surface area contributed by atoms with Crippen LogP contribution in [0.5, 0.6) is 11.5 Å². The molecule has 2 aromatic carbocycles. The highest BCUT2D eigenvalue weighted by Gasteiger charge is 2.74. The summed E-state index contributed by atoms with van der Waals surface area (Å²) in [5, 5.41) is 9.80. The first kappa shape index (κ1) is 18.8. The zero-order chi connectivity index (χ0) is 18.9. The predicted octanol–water partition coefficient (Wildman–Crippen LogP) is 6.07. The van der Waals surface area contributed by atoms with Crippen molar-refractivity contribution in [3.05, 3.63) is 70.7 Å². The number of aliphatic carboxylic acids is 1. The maximum Gasteiger partial charge on any atom is 0.314 e. The Morgan fingerprint density at radius 2 is 1.77 bits per heavy atom. The van der Waals surface area contributed by atoms with Crippen molar-refractivity contribution in [2.24, 2.45) is 16.7 Å². The standard InChI is InChI=1S/C21H20Cl2O3/c1-20(2)17(21(20,19(24)25)13-18(22)23)12-14-7-6-10-16(11-14)26-15-8-4-3-5-9-15/h3-11,13,17H,12H2,1-2H3,(H,24,25). The van der Waals surface area contributed by atoms with Crippen LogP contribution < -0.4 is 4.74 Å². The first-order valence-corrected chi connectivity index (χ1v) is 9.12. The molecule has 0 aliphatic heterocycles. The van der Waals surface area contributed by atoms with Crippen LogP contribution >= 0.6 is 23.2 Å². The van der Waals surface area contributed by atoms with Crippen molar-refractivity contribution in [3.8, 4) is 11.5 Å². The van der Waals surface area contributed by atoms with Crippen LogP contribution in [-0.4, -0.2) is 11.1 Å². The van der Waals surface area contributed by atoms with E-state index in [1.54, 1.807) is 0 Å². The summed E-state index contributed by atoms with van der Waals surface area (Å²) in [5.41, 5.74) is -0.481. The number of ether oxygens (including phenoxy) is 1. The summed E-state index contributed by atoms with van der Waals surface area (Å²) in [5.74, 6) is 0.474. The molecule has 2 atom stereocenters. The summed E-state index contributed by atoms with van der Waals surface area (Å²) >= 11 is 11.6. The van der Waals surface area contributed by atoms with Crippen molar-refractivity contribution in [1.82, 2.24) is 0 Å². The van der Waals surface area contributed by atoms with Gasteiger partial charge in [0.05, 0.1) is 5.41 Å². The van der Waals surface area contributed by atoms with E-state index in [4.69, 9.17) is 27.9 Å². The number of hydrogen-bond donors (Lipinski definition) is 1. The van der Waals surface area contributed by atoms with E-state index in [-0.39, 0.29) is 10.4 Å². The number of hydrogen-bond acceptors (Lipinski definition) is 2. The van der Waals surface area contributed by atoms with Crippen LogP contribution in [0.2, 0.25) is 0 Å². The van der Waals surface area contributed by atoms with Gasteiger partial charge >= 0.3 is 5.97 Å². The Morgan fingerprint density at radius 3 is 2.38 bits per heavy atom. The highest BCUT2D eigenvalue weighted by molar-refractivity contribution is 6.56. The van der Waals surface area contributed by atoms with Crippen LogP contribution in [0, 0.1) is 16.7 Å². The molecule has 1 N–H and O–H groups in total. The molecule has 136 valence electrons. The maximum atomic E-state index is 12.0. The molecule has 0 spiro atoms. The van der Waals surface area contributed by atoms with E-state index in [1.807, 2.05) is 68.4 Å². The molecule has 0 amide bonds. The van der Waals surface area contributed by atoms with Gasteiger partial charge in [0.1, 0.15) is 16.0 Å². The molecule has 0 aromatic heterocycles. The van der Waals surface area contributed by atoms with Gasteiger partial charge in [-0.1, -0.05) is 67.4 Å². The van der Waals surface area contributed by atoms with Crippen LogP contribution in [-0.2, 0) is 11.2 Å². The van der Waals surface area contributed by atoms with E-state index in [0.29, 0.717) is 6.42 Å². The Morgan fingerprint density at radius 1 is 1.12 bits per heavy atom. The van der Waals surface area contributed by atoms with Crippen LogP contribution in [0.1, 0.15) is 19.4 Å². The number of carbonyl (C=O) groups is 1. The zero-order valence-electron chi connectivity index (χ0n) is 14.6. The molecular formula is C21H20Cl2O3. The molecule has 1 aliphatic carbocycles. The summed E-state index contributed by atoms with van der Waals surface area (Å²) in [4.78, 5) is 12.0. The van der Waals surface area contributed by atoms with Crippen LogP contribution in [0.15, 0.2) is 65.2 Å². The molecule has 0 radical (unpaired) electrons. The van der Waals surface area contributed by atoms with Gasteiger partial charge in [-0.3, -0.25) is 4.79 Å². The maximum absolute atomic E-state index is 12.0. The minimum absolute atomic E-state index is 0.0101. The lowest BCUT2D eigenvalue weighted by molar-refractivity contribution is -0.142. The number of halogens is 2. The van der Waals surface area contributed by atoms with Gasteiger partial charge in [0.25, 0.3) is 0 Å². The van der Waals surface area contributed by atoms with E-state index >= 15 is 0 Å². The highest BCUT2D eigenvalue weighted by Crippen LogP contribution is 2.71. The van der Waals surface area contributed by atoms with Crippen LogP contribution in [0.3, 0.4) is 0 Å². The Balaban J connectivity index is 1.82. The van der Waals surface area contributed by atoms with Gasteiger partial charge in [-0.25, -0.2) is 0 Å². The van der Waals surface area contributed by atoms with Gasteiger partial charge in [0.15, 0.2) is 0 Å². The smallest absolute Gasteiger partial charge is 0.314 e. The molecule has 0 heterocycles. The Kier molecular flexibility index (Phi) is 5.05. The van der Waals surface area contributed by atoms with Gasteiger partial charge in [-0.2, -0.15) is 0 Å². The molecular weight excluding hydrogens is 371 g/mol. The van der Waals surface area contributed by atoms with Crippen molar-refractivity contribution >= 4 is 29.2 Å². The van der Waals surface area contributed by atoms with E-state index < -0.39 is 16.8 Å². The minimum atomic E-state index is -1.05. The fraction of sp³-hybridized carbons (Fsp3) is 0.286. The third-order valence-corrected chi connectivity index (χ3v) is 5.63. The second kappa shape index (κ2) is 6.98. The Bertz CT molecular complexity index is 841. The number of carboxylic acid groups (broad SMARTS) is 1. The number of rotatable bonds is 6. The van der Waals surface area contributed by atoms with Gasteiger partial charge in [0.2, 0.25) is 0 Å². The first-order valence-electron chi connectivity index (χ1n) is 8.36. The molecule has 2 unspecified atom stereocenters. The van der Waals surface area contributed by atoms with Crippen molar-refractivity contribution in [1.29, 1.82) is 0 Å². The first-order chi connectivity index (χ1) is 12.3. The van der Waals surface area contributed by atoms with Gasteiger partial charge < -0.3 is 9.84 Å². The fourth-order valence-corrected chi connectivity index (χ4v) is 4.21. The summed E-state index contributed by atoms with van der Waals surface area (Å²) in [7, 11) is 0. The average molecular weight is 391 g/mol. The lowest BCUT2D eigenvalue weighted by Gasteiger charge is -2.10. The predicted molar refractivity (Wildman–Crippen MR) is 104 cm³/mol. The summed E-state index contributed by atoms with van der Waals surface area (Å²) < 4.78 is 5.86. The van der Waals surface area contributed by atoms with E-state index in [0.717, 1.165) is 17.1 Å².